The Morgan fingerprint density at radius 2 is 2.00 bits per heavy atom. The third-order valence-corrected chi connectivity index (χ3v) is 4.62. The summed E-state index contributed by atoms with van der Waals surface area (Å²) in [7, 11) is 0. The summed E-state index contributed by atoms with van der Waals surface area (Å²) in [6.45, 7) is 0. The molecule has 4 aliphatic carbocycles. The van der Waals surface area contributed by atoms with Gasteiger partial charge in [0.1, 0.15) is 0 Å². The van der Waals surface area contributed by atoms with E-state index in [4.69, 9.17) is 0 Å². The minimum Gasteiger partial charge on any atom is -0.0842 e. The molecule has 4 rings (SSSR count). The summed E-state index contributed by atoms with van der Waals surface area (Å²) in [5, 5.41) is 0. The van der Waals surface area contributed by atoms with Gasteiger partial charge in [-0.15, -0.1) is 0 Å². The van der Waals surface area contributed by atoms with Crippen LogP contribution in [0.25, 0.3) is 0 Å². The maximum absolute atomic E-state index is 2.54. The van der Waals surface area contributed by atoms with Crippen LogP contribution in [0, 0.1) is 17.8 Å². The molecule has 0 aromatic rings. The fourth-order valence-corrected chi connectivity index (χ4v) is 3.83. The molecule has 0 heterocycles. The van der Waals surface area contributed by atoms with E-state index in [2.05, 4.69) is 30.4 Å². The highest BCUT2D eigenvalue weighted by Crippen LogP contribution is 2.53. The zero-order valence-electron chi connectivity index (χ0n) is 8.95. The fourth-order valence-electron chi connectivity index (χ4n) is 3.83. The van der Waals surface area contributed by atoms with Crippen molar-refractivity contribution in [3.63, 3.8) is 0 Å². The van der Waals surface area contributed by atoms with Gasteiger partial charge >= 0.3 is 0 Å². The second-order valence-corrected chi connectivity index (χ2v) is 5.35. The van der Waals surface area contributed by atoms with Crippen LogP contribution in [0.1, 0.15) is 25.7 Å². The van der Waals surface area contributed by atoms with Gasteiger partial charge in [0.25, 0.3) is 0 Å². The lowest BCUT2D eigenvalue weighted by Crippen LogP contribution is -2.16. The molecule has 0 amide bonds. The molecule has 2 bridgehead atoms. The van der Waals surface area contributed by atoms with Gasteiger partial charge in [-0.1, -0.05) is 41.5 Å². The van der Waals surface area contributed by atoms with Gasteiger partial charge in [0, 0.05) is 0 Å². The van der Waals surface area contributed by atoms with E-state index in [1.807, 2.05) is 0 Å². The van der Waals surface area contributed by atoms with Gasteiger partial charge in [0.2, 0.25) is 0 Å². The third kappa shape index (κ3) is 1.03. The monoisotopic (exact) mass is 196 g/mol. The van der Waals surface area contributed by atoms with Crippen molar-refractivity contribution in [1.29, 1.82) is 0 Å². The van der Waals surface area contributed by atoms with E-state index in [9.17, 15) is 0 Å². The number of hydrogen-bond acceptors (Lipinski definition) is 0. The van der Waals surface area contributed by atoms with Crippen LogP contribution in [-0.2, 0) is 0 Å². The average molecular weight is 196 g/mol. The maximum atomic E-state index is 2.54. The van der Waals surface area contributed by atoms with Crippen LogP contribution in [0.2, 0.25) is 0 Å². The van der Waals surface area contributed by atoms with Gasteiger partial charge in [0.15, 0.2) is 0 Å². The summed E-state index contributed by atoms with van der Waals surface area (Å²) < 4.78 is 0. The average Bonchev–Trinajstić information content (AvgIpc) is 2.87. The minimum atomic E-state index is 0.806. The first-order valence-electron chi connectivity index (χ1n) is 6.17. The molecule has 0 radical (unpaired) electrons. The number of allylic oxidation sites excluding steroid dienone is 8. The number of fused-ring (bicyclic) bond motifs is 5. The number of rotatable bonds is 0. The molecule has 15 heavy (non-hydrogen) atoms. The van der Waals surface area contributed by atoms with Crippen LogP contribution in [0.5, 0.6) is 0 Å². The molecule has 3 atom stereocenters. The molecule has 0 aliphatic heterocycles. The molecular weight excluding hydrogens is 180 g/mol. The molecule has 0 spiro atoms. The van der Waals surface area contributed by atoms with E-state index in [1.54, 1.807) is 16.7 Å². The first-order valence-corrected chi connectivity index (χ1v) is 6.17. The topological polar surface area (TPSA) is 0 Å². The first-order chi connectivity index (χ1) is 7.42. The van der Waals surface area contributed by atoms with E-state index in [0.29, 0.717) is 0 Å². The molecular formula is C15H16. The summed E-state index contributed by atoms with van der Waals surface area (Å²) in [6.07, 6.45) is 17.3. The van der Waals surface area contributed by atoms with Crippen LogP contribution in [0.4, 0.5) is 0 Å². The summed E-state index contributed by atoms with van der Waals surface area (Å²) >= 11 is 0. The largest absolute Gasteiger partial charge is 0.0842 e. The SMILES string of the molecule is C1=CCC2=C(C=C3C4C=CC(C4)C3C2)C1. The molecule has 3 unspecified atom stereocenters. The smallest absolute Gasteiger partial charge is 0.00110 e. The molecule has 0 aromatic heterocycles. The van der Waals surface area contributed by atoms with E-state index in [1.165, 1.54) is 25.7 Å². The Morgan fingerprint density at radius 1 is 1.07 bits per heavy atom. The minimum absolute atomic E-state index is 0.806. The van der Waals surface area contributed by atoms with Crippen molar-refractivity contribution < 1.29 is 0 Å². The molecule has 76 valence electrons. The van der Waals surface area contributed by atoms with E-state index < -0.39 is 0 Å². The van der Waals surface area contributed by atoms with Crippen molar-refractivity contribution in [3.8, 4) is 0 Å². The Kier molecular flexibility index (Phi) is 1.49. The Labute approximate surface area is 91.1 Å². The lowest BCUT2D eigenvalue weighted by Gasteiger charge is -2.29. The van der Waals surface area contributed by atoms with Crippen molar-refractivity contribution in [2.75, 3.05) is 0 Å². The molecule has 1 saturated carbocycles. The van der Waals surface area contributed by atoms with Gasteiger partial charge in [-0.05, 0) is 49.0 Å². The first kappa shape index (κ1) is 8.15. The van der Waals surface area contributed by atoms with Crippen molar-refractivity contribution in [2.45, 2.75) is 25.7 Å². The second kappa shape index (κ2) is 2.75. The highest BCUT2D eigenvalue weighted by atomic mass is 14.5. The van der Waals surface area contributed by atoms with Crippen LogP contribution in [0.3, 0.4) is 0 Å². The third-order valence-electron chi connectivity index (χ3n) is 4.62. The maximum Gasteiger partial charge on any atom is -0.00110 e. The molecule has 0 aromatic carbocycles. The second-order valence-electron chi connectivity index (χ2n) is 5.35. The quantitative estimate of drug-likeness (QED) is 0.517. The van der Waals surface area contributed by atoms with Gasteiger partial charge in [-0.2, -0.15) is 0 Å². The summed E-state index contributed by atoms with van der Waals surface area (Å²) in [6, 6.07) is 0. The van der Waals surface area contributed by atoms with Crippen molar-refractivity contribution >= 4 is 0 Å². The normalized spacial score (nSPS) is 40.5. The van der Waals surface area contributed by atoms with Crippen LogP contribution < -0.4 is 0 Å². The van der Waals surface area contributed by atoms with Crippen LogP contribution in [0.15, 0.2) is 47.1 Å². The Bertz CT molecular complexity index is 431. The molecule has 1 fully saturated rings. The van der Waals surface area contributed by atoms with E-state index in [0.717, 1.165) is 17.8 Å². The predicted octanol–water partition coefficient (Wildman–Crippen LogP) is 3.79. The zero-order valence-corrected chi connectivity index (χ0v) is 8.95. The van der Waals surface area contributed by atoms with Crippen LogP contribution >= 0.6 is 0 Å². The Balaban J connectivity index is 1.77. The fraction of sp³-hybridized carbons (Fsp3) is 0.467. The van der Waals surface area contributed by atoms with Crippen molar-refractivity contribution in [3.05, 3.63) is 47.1 Å². The van der Waals surface area contributed by atoms with Crippen molar-refractivity contribution in [2.24, 2.45) is 17.8 Å². The van der Waals surface area contributed by atoms with Gasteiger partial charge in [-0.25, -0.2) is 0 Å². The highest BCUT2D eigenvalue weighted by Gasteiger charge is 2.41. The standard InChI is InChI=1S/C15H16/c1-2-4-11-9-15-13-6-5-12(7-13)14(15)8-10(11)3-1/h1-2,5-6,8,12-13,15H,3-4,7,9H2. The molecule has 0 heteroatoms. The molecule has 0 nitrogen and oxygen atoms in total. The summed E-state index contributed by atoms with van der Waals surface area (Å²) in [4.78, 5) is 0. The molecule has 0 saturated heterocycles. The van der Waals surface area contributed by atoms with Crippen LogP contribution in [-0.4, -0.2) is 0 Å². The predicted molar refractivity (Wildman–Crippen MR) is 62.3 cm³/mol. The van der Waals surface area contributed by atoms with E-state index in [-0.39, 0.29) is 0 Å². The van der Waals surface area contributed by atoms with Gasteiger partial charge in [-0.3, -0.25) is 0 Å². The van der Waals surface area contributed by atoms with Gasteiger partial charge in [0.05, 0.1) is 0 Å². The summed E-state index contributed by atoms with van der Waals surface area (Å²) in [5.74, 6) is 2.56. The Hall–Kier alpha value is -1.04. The lowest BCUT2D eigenvalue weighted by molar-refractivity contribution is 0.496. The zero-order chi connectivity index (χ0) is 9.83. The number of hydrogen-bond donors (Lipinski definition) is 0. The van der Waals surface area contributed by atoms with E-state index >= 15 is 0 Å². The molecule has 4 aliphatic rings. The lowest BCUT2D eigenvalue weighted by atomic mass is 9.75. The Morgan fingerprint density at radius 3 is 3.00 bits per heavy atom. The van der Waals surface area contributed by atoms with Crippen molar-refractivity contribution in [1.82, 2.24) is 0 Å². The summed E-state index contributed by atoms with van der Waals surface area (Å²) in [5.41, 5.74) is 5.13. The molecule has 0 N–H and O–H groups in total. The highest BCUT2D eigenvalue weighted by molar-refractivity contribution is 5.45. The van der Waals surface area contributed by atoms with Gasteiger partial charge < -0.3 is 0 Å².